The highest BCUT2D eigenvalue weighted by Gasteiger charge is 2.25. The van der Waals surface area contributed by atoms with Gasteiger partial charge in [0.1, 0.15) is 12.6 Å². The Morgan fingerprint density at radius 2 is 1.06 bits per heavy atom. The minimum atomic E-state index is -1.13. The first-order valence-electron chi connectivity index (χ1n) is 20.8. The molecule has 0 N–H and O–H groups in total. The molecule has 0 aliphatic heterocycles. The molecule has 0 heterocycles. The highest BCUT2D eigenvalue weighted by molar-refractivity contribution is 5.70. The molecule has 0 rings (SSSR count). The molecule has 8 heteroatoms. The molecule has 8 nitrogen and oxygen atoms in total. The second kappa shape index (κ2) is 36.0. The molecular formula is C45H77NO7. The number of allylic oxidation sites excluding steroid dienone is 10. The zero-order chi connectivity index (χ0) is 39.3. The molecule has 0 radical (unpaired) electrons. The van der Waals surface area contributed by atoms with Gasteiger partial charge in [-0.2, -0.15) is 0 Å². The zero-order valence-corrected chi connectivity index (χ0v) is 34.4. The van der Waals surface area contributed by atoms with Gasteiger partial charge in [-0.1, -0.05) is 126 Å². The van der Waals surface area contributed by atoms with Gasteiger partial charge in [0.25, 0.3) is 0 Å². The van der Waals surface area contributed by atoms with Crippen LogP contribution in [0.4, 0.5) is 0 Å². The van der Waals surface area contributed by atoms with Crippen molar-refractivity contribution in [3.05, 3.63) is 60.8 Å². The van der Waals surface area contributed by atoms with Crippen molar-refractivity contribution in [2.24, 2.45) is 0 Å². The molecule has 0 aliphatic carbocycles. The second-order valence-corrected chi connectivity index (χ2v) is 14.8. The van der Waals surface area contributed by atoms with Gasteiger partial charge >= 0.3 is 11.9 Å². The van der Waals surface area contributed by atoms with Gasteiger partial charge in [-0.3, -0.25) is 9.59 Å². The van der Waals surface area contributed by atoms with E-state index in [2.05, 4.69) is 74.6 Å². The van der Waals surface area contributed by atoms with E-state index in [0.717, 1.165) is 96.3 Å². The molecule has 0 saturated carbocycles. The molecule has 0 amide bonds. The summed E-state index contributed by atoms with van der Waals surface area (Å²) >= 11 is 0. The largest absolute Gasteiger partial charge is 0.544 e. The summed E-state index contributed by atoms with van der Waals surface area (Å²) < 4.78 is 17.1. The minimum absolute atomic E-state index is 0.0288. The Morgan fingerprint density at radius 1 is 0.585 bits per heavy atom. The van der Waals surface area contributed by atoms with E-state index < -0.39 is 18.1 Å². The number of carbonyl (C=O) groups excluding carboxylic acids is 3. The van der Waals surface area contributed by atoms with E-state index in [-0.39, 0.29) is 42.7 Å². The summed E-state index contributed by atoms with van der Waals surface area (Å²) in [7, 11) is 5.38. The van der Waals surface area contributed by atoms with Crippen LogP contribution in [-0.4, -0.2) is 75.5 Å². The zero-order valence-electron chi connectivity index (χ0n) is 34.4. The number of esters is 2. The molecule has 0 saturated heterocycles. The summed E-state index contributed by atoms with van der Waals surface area (Å²) in [5, 5.41) is 11.6. The van der Waals surface area contributed by atoms with Crippen molar-refractivity contribution in [1.82, 2.24) is 0 Å². The molecule has 0 spiro atoms. The topological polar surface area (TPSA) is 102 Å². The third-order valence-electron chi connectivity index (χ3n) is 8.89. The Hall–Kier alpha value is -2.97. The number of unbranched alkanes of at least 4 members (excludes halogenated alkanes) is 12. The Morgan fingerprint density at radius 3 is 1.58 bits per heavy atom. The van der Waals surface area contributed by atoms with Gasteiger partial charge in [0.05, 0.1) is 40.3 Å². The molecule has 2 atom stereocenters. The van der Waals surface area contributed by atoms with Gasteiger partial charge in [0, 0.05) is 19.3 Å². The van der Waals surface area contributed by atoms with E-state index in [9.17, 15) is 19.5 Å². The first-order valence-corrected chi connectivity index (χ1v) is 20.8. The molecule has 0 aliphatic rings. The number of rotatable bonds is 36. The van der Waals surface area contributed by atoms with Gasteiger partial charge in [-0.15, -0.1) is 0 Å². The monoisotopic (exact) mass is 744 g/mol. The van der Waals surface area contributed by atoms with Crippen LogP contribution in [0.3, 0.4) is 0 Å². The summed E-state index contributed by atoms with van der Waals surface area (Å²) in [6.45, 7) is 4.46. The number of carboxylic acids is 1. The van der Waals surface area contributed by atoms with Gasteiger partial charge in [-0.05, 0) is 70.6 Å². The Labute approximate surface area is 324 Å². The van der Waals surface area contributed by atoms with Crippen LogP contribution in [0.15, 0.2) is 60.8 Å². The average Bonchev–Trinajstić information content (AvgIpc) is 3.11. The van der Waals surface area contributed by atoms with E-state index in [0.29, 0.717) is 12.8 Å². The summed E-state index contributed by atoms with van der Waals surface area (Å²) in [5.74, 6) is -1.78. The second-order valence-electron chi connectivity index (χ2n) is 14.8. The lowest BCUT2D eigenvalue weighted by atomic mass is 10.1. The van der Waals surface area contributed by atoms with Crippen molar-refractivity contribution < 1.29 is 38.2 Å². The number of nitrogens with zero attached hydrogens (tertiary/aromatic N) is 1. The fraction of sp³-hybridized carbons (Fsp3) is 0.711. The quantitative estimate of drug-likeness (QED) is 0.0273. The van der Waals surface area contributed by atoms with E-state index in [1.54, 1.807) is 21.1 Å². The fourth-order valence-corrected chi connectivity index (χ4v) is 5.63. The lowest BCUT2D eigenvalue weighted by molar-refractivity contribution is -0.889. The summed E-state index contributed by atoms with van der Waals surface area (Å²) in [6.07, 6.45) is 42.4. The number of hydrogen-bond acceptors (Lipinski definition) is 7. The number of ether oxygens (including phenoxy) is 3. The van der Waals surface area contributed by atoms with Crippen LogP contribution in [0.1, 0.15) is 155 Å². The predicted molar refractivity (Wildman–Crippen MR) is 217 cm³/mol. The van der Waals surface area contributed by atoms with Crippen LogP contribution in [0.25, 0.3) is 0 Å². The Bertz CT molecular complexity index is 1050. The molecule has 0 aromatic rings. The van der Waals surface area contributed by atoms with Gasteiger partial charge in [-0.25, -0.2) is 0 Å². The van der Waals surface area contributed by atoms with Crippen LogP contribution in [0, 0.1) is 0 Å². The Kier molecular flexibility index (Phi) is 34.0. The number of aliphatic carboxylic acids is 1. The molecular weight excluding hydrogens is 666 g/mol. The number of hydrogen-bond donors (Lipinski definition) is 0. The van der Waals surface area contributed by atoms with Crippen molar-refractivity contribution >= 4 is 17.9 Å². The summed E-state index contributed by atoms with van der Waals surface area (Å²) in [6, 6.07) is -0.731. The third-order valence-corrected chi connectivity index (χ3v) is 8.89. The van der Waals surface area contributed by atoms with Crippen molar-refractivity contribution in [2.75, 3.05) is 41.0 Å². The molecule has 304 valence electrons. The fourth-order valence-electron chi connectivity index (χ4n) is 5.63. The van der Waals surface area contributed by atoms with Crippen LogP contribution in [0.2, 0.25) is 0 Å². The van der Waals surface area contributed by atoms with Crippen LogP contribution >= 0.6 is 0 Å². The first-order chi connectivity index (χ1) is 25.6. The number of quaternary nitrogens is 1. The lowest BCUT2D eigenvalue weighted by Gasteiger charge is -2.34. The van der Waals surface area contributed by atoms with Crippen LogP contribution in [0.5, 0.6) is 0 Å². The number of likely N-dealkylation sites (N-methyl/N-ethyl adjacent to an activating group) is 1. The van der Waals surface area contributed by atoms with Crippen molar-refractivity contribution in [2.45, 2.75) is 167 Å². The Balaban J connectivity index is 4.39. The van der Waals surface area contributed by atoms with Crippen LogP contribution < -0.4 is 5.11 Å². The number of carboxylic acid groups (broad SMARTS) is 1. The molecule has 2 unspecified atom stereocenters. The average molecular weight is 744 g/mol. The maximum Gasteiger partial charge on any atom is 0.306 e. The summed E-state index contributed by atoms with van der Waals surface area (Å²) in [4.78, 5) is 36.7. The minimum Gasteiger partial charge on any atom is -0.544 e. The highest BCUT2D eigenvalue weighted by atomic mass is 16.6. The first kappa shape index (κ1) is 50.0. The van der Waals surface area contributed by atoms with Gasteiger partial charge in [0.2, 0.25) is 0 Å². The molecule has 0 aromatic carbocycles. The maximum absolute atomic E-state index is 12.7. The lowest BCUT2D eigenvalue weighted by Crippen LogP contribution is -2.55. The van der Waals surface area contributed by atoms with E-state index in [1.807, 2.05) is 0 Å². The van der Waals surface area contributed by atoms with E-state index in [4.69, 9.17) is 14.2 Å². The van der Waals surface area contributed by atoms with Crippen molar-refractivity contribution in [3.63, 3.8) is 0 Å². The maximum atomic E-state index is 12.7. The van der Waals surface area contributed by atoms with Crippen molar-refractivity contribution in [1.29, 1.82) is 0 Å². The molecule has 0 aromatic heterocycles. The summed E-state index contributed by atoms with van der Waals surface area (Å²) in [5.41, 5.74) is 0. The van der Waals surface area contributed by atoms with Gasteiger partial charge in [0.15, 0.2) is 6.10 Å². The standard InChI is InChI=1S/C45H77NO7/c1-6-8-10-12-14-16-18-19-20-21-22-23-24-25-26-28-30-32-34-36-44(48)53-41(39-51-38-37-42(45(49)50)46(3,4)5)40-52-43(47)35-33-31-29-27-17-15-13-11-9-7-2/h8,10,13-16,19-20,22-23,41-42H,6-7,9,11-12,17-18,21,24-40H2,1-5H3/b10-8+,15-13+,16-14+,20-19+,23-22+. The normalized spacial score (nSPS) is 13.6. The smallest absolute Gasteiger partial charge is 0.306 e. The third kappa shape index (κ3) is 34.5. The van der Waals surface area contributed by atoms with E-state index >= 15 is 0 Å². The highest BCUT2D eigenvalue weighted by Crippen LogP contribution is 2.13. The van der Waals surface area contributed by atoms with Gasteiger partial charge < -0.3 is 28.6 Å². The van der Waals surface area contributed by atoms with E-state index in [1.165, 1.54) is 25.7 Å². The predicted octanol–water partition coefficient (Wildman–Crippen LogP) is 9.69. The number of carbonyl (C=O) groups is 3. The molecule has 0 fully saturated rings. The molecule has 53 heavy (non-hydrogen) atoms. The van der Waals surface area contributed by atoms with Crippen LogP contribution in [-0.2, 0) is 28.6 Å². The van der Waals surface area contributed by atoms with Crippen molar-refractivity contribution in [3.8, 4) is 0 Å². The molecule has 0 bridgehead atoms. The SMILES string of the molecule is CC/C=C/C/C=C/C/C=C/C/C=C/CCCCCCCCC(=O)OC(COCCC(C(=O)[O-])[N+](C)(C)C)COC(=O)CCCCCC/C=C/CCCC.